The summed E-state index contributed by atoms with van der Waals surface area (Å²) < 4.78 is 75.5. The standard InChI is InChI=1S/C24H25ClF3N3O5S2/c1-23(2,3)35-22(32)30-9-11-31(12-10-30)37-21-17-7-6-16(25)14-18(17)19(36-38(33,34)24(26,27)28)13-15-5-4-8-29-20(15)21/h4-8,13-14,21H,9-12H2,1-3H3. The van der Waals surface area contributed by atoms with E-state index in [-0.39, 0.29) is 10.6 Å². The lowest BCUT2D eigenvalue weighted by Gasteiger charge is -2.36. The van der Waals surface area contributed by atoms with Gasteiger partial charge in [-0.25, -0.2) is 9.10 Å². The summed E-state index contributed by atoms with van der Waals surface area (Å²) in [4.78, 5) is 18.5. The Morgan fingerprint density at radius 3 is 2.45 bits per heavy atom. The van der Waals surface area contributed by atoms with Gasteiger partial charge in [-0.1, -0.05) is 35.7 Å². The zero-order valence-corrected chi connectivity index (χ0v) is 23.0. The summed E-state index contributed by atoms with van der Waals surface area (Å²) in [5, 5.41) is -0.339. The lowest BCUT2D eigenvalue weighted by molar-refractivity contribution is -0.0509. The zero-order chi connectivity index (χ0) is 27.9. The molecule has 2 aliphatic rings. The molecule has 4 rings (SSSR count). The molecule has 1 atom stereocenters. The van der Waals surface area contributed by atoms with Crippen LogP contribution in [-0.4, -0.2) is 66.0 Å². The second-order valence-corrected chi connectivity index (χ2v) is 12.8. The van der Waals surface area contributed by atoms with Gasteiger partial charge < -0.3 is 13.8 Å². The molecule has 1 fully saturated rings. The van der Waals surface area contributed by atoms with Crippen molar-refractivity contribution in [3.63, 3.8) is 0 Å². The quantitative estimate of drug-likeness (QED) is 0.254. The van der Waals surface area contributed by atoms with Gasteiger partial charge in [-0.3, -0.25) is 4.98 Å². The molecule has 0 radical (unpaired) electrons. The summed E-state index contributed by atoms with van der Waals surface area (Å²) in [6.07, 6.45) is 2.37. The smallest absolute Gasteiger partial charge is 0.444 e. The van der Waals surface area contributed by atoms with E-state index >= 15 is 0 Å². The Morgan fingerprint density at radius 2 is 1.82 bits per heavy atom. The molecule has 0 spiro atoms. The number of nitrogens with zero attached hydrogens (tertiary/aromatic N) is 3. The Balaban J connectivity index is 1.65. The van der Waals surface area contributed by atoms with Crippen molar-refractivity contribution in [3.8, 4) is 0 Å². The van der Waals surface area contributed by atoms with E-state index in [1.54, 1.807) is 56.1 Å². The van der Waals surface area contributed by atoms with Gasteiger partial charge in [-0.2, -0.15) is 21.6 Å². The van der Waals surface area contributed by atoms with Crippen LogP contribution in [0.25, 0.3) is 11.8 Å². The maximum absolute atomic E-state index is 13.2. The SMILES string of the molecule is CC(C)(C)OC(=O)N1CCN(SC2c3ccc(Cl)cc3C(OS(=O)(=O)C(F)(F)F)=Cc3cccnc32)CC1. The molecule has 1 amide bonds. The van der Waals surface area contributed by atoms with Gasteiger partial charge >= 0.3 is 21.7 Å². The first-order chi connectivity index (χ1) is 17.6. The highest BCUT2D eigenvalue weighted by Crippen LogP contribution is 2.46. The van der Waals surface area contributed by atoms with Crippen molar-refractivity contribution in [1.82, 2.24) is 14.2 Å². The molecule has 0 bridgehead atoms. The summed E-state index contributed by atoms with van der Waals surface area (Å²) in [7, 11) is -5.94. The van der Waals surface area contributed by atoms with Crippen LogP contribution in [0.5, 0.6) is 0 Å². The molecular weight excluding hydrogens is 567 g/mol. The molecule has 1 unspecified atom stereocenters. The minimum atomic E-state index is -5.94. The average molecular weight is 592 g/mol. The summed E-state index contributed by atoms with van der Waals surface area (Å²) in [6.45, 7) is 7.19. The average Bonchev–Trinajstić information content (AvgIpc) is 2.92. The van der Waals surface area contributed by atoms with Crippen LogP contribution in [0.1, 0.15) is 48.4 Å². The molecule has 14 heteroatoms. The zero-order valence-electron chi connectivity index (χ0n) is 20.7. The largest absolute Gasteiger partial charge is 0.534 e. The highest BCUT2D eigenvalue weighted by Gasteiger charge is 2.49. The maximum Gasteiger partial charge on any atom is 0.534 e. The predicted molar refractivity (Wildman–Crippen MR) is 138 cm³/mol. The number of alkyl halides is 3. The topological polar surface area (TPSA) is 89.0 Å². The van der Waals surface area contributed by atoms with Gasteiger partial charge in [0.05, 0.1) is 10.9 Å². The summed E-state index contributed by atoms with van der Waals surface area (Å²) >= 11 is 7.55. The molecule has 1 aromatic carbocycles. The van der Waals surface area contributed by atoms with Gasteiger partial charge in [0.15, 0.2) is 5.76 Å². The molecule has 1 aliphatic carbocycles. The van der Waals surface area contributed by atoms with Gasteiger partial charge in [0.2, 0.25) is 0 Å². The van der Waals surface area contributed by atoms with E-state index < -0.39 is 38.3 Å². The van der Waals surface area contributed by atoms with Gasteiger partial charge in [0, 0.05) is 48.5 Å². The van der Waals surface area contributed by atoms with E-state index in [0.717, 1.165) is 0 Å². The molecular formula is C24H25ClF3N3O5S2. The first-order valence-electron chi connectivity index (χ1n) is 11.5. The summed E-state index contributed by atoms with van der Waals surface area (Å²) in [6, 6.07) is 7.77. The van der Waals surface area contributed by atoms with Crippen LogP contribution in [0.3, 0.4) is 0 Å². The number of fused-ring (bicyclic) bond motifs is 2. The third kappa shape index (κ3) is 6.38. The van der Waals surface area contributed by atoms with Crippen molar-refractivity contribution in [2.45, 2.75) is 37.1 Å². The monoisotopic (exact) mass is 591 g/mol. The highest BCUT2D eigenvalue weighted by atomic mass is 35.5. The Bertz CT molecular complexity index is 1350. The van der Waals surface area contributed by atoms with Crippen LogP contribution >= 0.6 is 23.5 Å². The molecule has 1 aromatic heterocycles. The molecule has 38 heavy (non-hydrogen) atoms. The van der Waals surface area contributed by atoms with Crippen LogP contribution in [0, 0.1) is 0 Å². The van der Waals surface area contributed by atoms with Crippen LogP contribution in [-0.2, 0) is 19.0 Å². The van der Waals surface area contributed by atoms with Crippen LogP contribution < -0.4 is 0 Å². The number of piperazine rings is 1. The number of carbonyl (C=O) groups is 1. The van der Waals surface area contributed by atoms with Crippen molar-refractivity contribution in [1.29, 1.82) is 0 Å². The number of ether oxygens (including phenoxy) is 1. The normalized spacial score (nSPS) is 18.7. The molecule has 0 N–H and O–H groups in total. The molecule has 2 heterocycles. The second kappa shape index (κ2) is 10.6. The Morgan fingerprint density at radius 1 is 1.13 bits per heavy atom. The van der Waals surface area contributed by atoms with E-state index in [2.05, 4.69) is 9.17 Å². The number of aromatic nitrogens is 1. The highest BCUT2D eigenvalue weighted by molar-refractivity contribution is 7.97. The lowest BCUT2D eigenvalue weighted by atomic mass is 10.0. The first kappa shape index (κ1) is 28.5. The predicted octanol–water partition coefficient (Wildman–Crippen LogP) is 5.70. The molecule has 1 aliphatic heterocycles. The van der Waals surface area contributed by atoms with Crippen LogP contribution in [0.4, 0.5) is 18.0 Å². The number of halogens is 4. The minimum absolute atomic E-state index is 0.105. The lowest BCUT2D eigenvalue weighted by Crippen LogP contribution is -2.48. The van der Waals surface area contributed by atoms with Gasteiger partial charge in [-0.05, 0) is 50.6 Å². The fourth-order valence-electron chi connectivity index (χ4n) is 3.90. The number of benzene rings is 1. The summed E-state index contributed by atoms with van der Waals surface area (Å²) in [5.74, 6) is -0.507. The van der Waals surface area contributed by atoms with Crippen molar-refractivity contribution >= 4 is 51.6 Å². The second-order valence-electron chi connectivity index (χ2n) is 9.58. The Kier molecular flexibility index (Phi) is 7.95. The maximum atomic E-state index is 13.2. The first-order valence-corrected chi connectivity index (χ1v) is 14.1. The number of amides is 1. The van der Waals surface area contributed by atoms with Crippen molar-refractivity contribution in [2.24, 2.45) is 0 Å². The number of rotatable bonds is 4. The van der Waals surface area contributed by atoms with E-state index in [9.17, 15) is 26.4 Å². The summed E-state index contributed by atoms with van der Waals surface area (Å²) in [5.41, 5.74) is -4.73. The number of carbonyl (C=O) groups excluding carboxylic acids is 1. The fourth-order valence-corrected chi connectivity index (χ4v) is 5.83. The Labute approximate surface area is 228 Å². The van der Waals surface area contributed by atoms with Crippen molar-refractivity contribution in [3.05, 3.63) is 63.9 Å². The Hall–Kier alpha value is -2.48. The third-order valence-corrected chi connectivity index (χ3v) is 8.15. The van der Waals surface area contributed by atoms with Crippen molar-refractivity contribution in [2.75, 3.05) is 26.2 Å². The molecule has 206 valence electrons. The molecule has 2 aromatic rings. The number of hydrogen-bond donors (Lipinski definition) is 0. The molecule has 1 saturated heterocycles. The number of pyridine rings is 1. The minimum Gasteiger partial charge on any atom is -0.444 e. The third-order valence-electron chi connectivity index (χ3n) is 5.60. The van der Waals surface area contributed by atoms with E-state index in [0.29, 0.717) is 43.0 Å². The van der Waals surface area contributed by atoms with Gasteiger partial charge in [-0.15, -0.1) is 0 Å². The van der Waals surface area contributed by atoms with E-state index in [1.165, 1.54) is 24.1 Å². The van der Waals surface area contributed by atoms with E-state index in [4.69, 9.17) is 16.3 Å². The van der Waals surface area contributed by atoms with Crippen molar-refractivity contribution < 1.29 is 35.3 Å². The van der Waals surface area contributed by atoms with Crippen LogP contribution in [0.15, 0.2) is 36.5 Å². The molecule has 8 nitrogen and oxygen atoms in total. The fraction of sp³-hybridized carbons (Fsp3) is 0.417. The van der Waals surface area contributed by atoms with Gasteiger partial charge in [0.25, 0.3) is 0 Å². The molecule has 0 saturated carbocycles. The number of hydrogen-bond acceptors (Lipinski definition) is 8. The van der Waals surface area contributed by atoms with E-state index in [1.807, 2.05) is 4.31 Å². The van der Waals surface area contributed by atoms with Crippen LogP contribution in [0.2, 0.25) is 5.02 Å². The van der Waals surface area contributed by atoms with Gasteiger partial charge in [0.1, 0.15) is 5.60 Å².